The zero-order valence-electron chi connectivity index (χ0n) is 20.1. The van der Waals surface area contributed by atoms with Crippen molar-refractivity contribution in [2.75, 3.05) is 30.3 Å². The smallest absolute Gasteiger partial charge is 0.0936 e. The van der Waals surface area contributed by atoms with Crippen LogP contribution >= 0.6 is 0 Å². The van der Waals surface area contributed by atoms with E-state index in [1.165, 1.54) is 0 Å². The Morgan fingerprint density at radius 2 is 2.05 bits per heavy atom. The Balaban J connectivity index is 1.24. The number of anilines is 2. The molecule has 1 unspecified atom stereocenters. The summed E-state index contributed by atoms with van der Waals surface area (Å²) in [6.07, 6.45) is 11.2. The molecule has 0 saturated carbocycles. The van der Waals surface area contributed by atoms with E-state index in [1.54, 1.807) is 30.5 Å². The second kappa shape index (κ2) is 11.1. The quantitative estimate of drug-likeness (QED) is 0.202. The van der Waals surface area contributed by atoms with Gasteiger partial charge in [0.15, 0.2) is 0 Å². The van der Waals surface area contributed by atoms with Crippen LogP contribution in [0.5, 0.6) is 0 Å². The molecule has 0 spiro atoms. The topological polar surface area (TPSA) is 123 Å². The van der Waals surface area contributed by atoms with E-state index >= 15 is 0 Å². The fourth-order valence-electron chi connectivity index (χ4n) is 4.63. The molecule has 188 valence electrons. The summed E-state index contributed by atoms with van der Waals surface area (Å²) in [5, 5.41) is 7.33. The van der Waals surface area contributed by atoms with E-state index in [2.05, 4.69) is 31.4 Å². The summed E-state index contributed by atoms with van der Waals surface area (Å²) in [5.74, 6) is 3.06. The third-order valence-electron chi connectivity index (χ3n) is 6.41. The van der Waals surface area contributed by atoms with E-state index in [0.29, 0.717) is 33.8 Å². The minimum absolute atomic E-state index is 0.0813. The van der Waals surface area contributed by atoms with Crippen molar-refractivity contribution in [3.05, 3.63) is 66.5 Å². The first kappa shape index (κ1) is 24.8. The van der Waals surface area contributed by atoms with Gasteiger partial charge in [0, 0.05) is 28.9 Å². The van der Waals surface area contributed by atoms with Gasteiger partial charge in [-0.1, -0.05) is 24.1 Å². The molecule has 2 atom stereocenters. The number of hydrogen-bond acceptors (Lipinski definition) is 6. The minimum atomic E-state index is -3.35. The Morgan fingerprint density at radius 1 is 1.24 bits per heavy atom. The van der Waals surface area contributed by atoms with E-state index in [4.69, 9.17) is 11.4 Å². The van der Waals surface area contributed by atoms with E-state index < -0.39 is 14.9 Å². The molecule has 2 aromatic heterocycles. The van der Waals surface area contributed by atoms with Gasteiger partial charge in [-0.25, -0.2) is 9.97 Å². The Kier molecular flexibility index (Phi) is 7.42. The molecular weight excluding hydrogens is 531 g/mol. The van der Waals surface area contributed by atoms with Crippen LogP contribution in [0.1, 0.15) is 18.4 Å². The van der Waals surface area contributed by atoms with Crippen LogP contribution in [0.25, 0.3) is 22.2 Å². The number of aromatic amines is 1. The van der Waals surface area contributed by atoms with E-state index in [-0.39, 0.29) is 18.5 Å². The molecule has 10 heteroatoms. The number of nitrogens with one attached hydrogen (secondary N) is 3. The van der Waals surface area contributed by atoms with Gasteiger partial charge in [-0.3, -0.25) is 0 Å². The average Bonchev–Trinajstić information content (AvgIpc) is 3.33. The molecule has 0 bridgehead atoms. The van der Waals surface area contributed by atoms with Crippen LogP contribution in [0.15, 0.2) is 60.9 Å². The van der Waals surface area contributed by atoms with Crippen LogP contribution in [-0.4, -0.2) is 70.5 Å². The van der Waals surface area contributed by atoms with Crippen molar-refractivity contribution in [3.63, 3.8) is 0 Å². The maximum Gasteiger partial charge on any atom is 0.0936 e. The summed E-state index contributed by atoms with van der Waals surface area (Å²) < 4.78 is 20.9. The molecule has 37 heavy (non-hydrogen) atoms. The molecule has 4 aromatic rings. The largest absolute Gasteiger partial charge is 0.360 e. The number of hydrogen-bond donors (Lipinski definition) is 4. The van der Waals surface area contributed by atoms with Crippen molar-refractivity contribution in [2.24, 2.45) is 0 Å². The molecule has 1 fully saturated rings. The summed E-state index contributed by atoms with van der Waals surface area (Å²) in [5.41, 5.74) is 3.86. The van der Waals surface area contributed by atoms with Gasteiger partial charge in [-0.15, -0.1) is 6.42 Å². The van der Waals surface area contributed by atoms with Gasteiger partial charge in [0.25, 0.3) is 0 Å². The van der Waals surface area contributed by atoms with Crippen LogP contribution in [0.4, 0.5) is 11.6 Å². The van der Waals surface area contributed by atoms with Gasteiger partial charge in [0.05, 0.1) is 11.3 Å². The summed E-state index contributed by atoms with van der Waals surface area (Å²) >= 11 is -3.35. The second-order valence-corrected chi connectivity index (χ2v) is 11.5. The van der Waals surface area contributed by atoms with Crippen molar-refractivity contribution in [1.29, 1.82) is 0 Å². The van der Waals surface area contributed by atoms with Crippen LogP contribution in [-0.2, 0) is 8.53 Å². The summed E-state index contributed by atoms with van der Waals surface area (Å²) in [7, 11) is 0. The predicted octanol–water partition coefficient (Wildman–Crippen LogP) is 1.97. The van der Waals surface area contributed by atoms with Crippen molar-refractivity contribution in [1.82, 2.24) is 19.9 Å². The molecule has 9 nitrogen and oxygen atoms in total. The molecular formula is C27H27AsN6O3. The van der Waals surface area contributed by atoms with Crippen LogP contribution in [0.2, 0.25) is 0 Å². The van der Waals surface area contributed by atoms with Crippen molar-refractivity contribution in [3.8, 4) is 23.6 Å². The molecule has 1 saturated heterocycles. The van der Waals surface area contributed by atoms with Crippen LogP contribution in [0.3, 0.4) is 0 Å². The number of amides is 1. The minimum Gasteiger partial charge on any atom is -0.360 e. The number of likely N-dealkylation sites (tertiary alicyclic amines) is 1. The number of terminal acetylenes is 1. The Labute approximate surface area is 219 Å². The molecule has 4 N–H and O–H groups in total. The predicted molar refractivity (Wildman–Crippen MR) is 145 cm³/mol. The van der Waals surface area contributed by atoms with Gasteiger partial charge < -0.3 is 4.98 Å². The monoisotopic (exact) mass is 558 g/mol. The normalized spacial score (nSPS) is 16.7. The van der Waals surface area contributed by atoms with Gasteiger partial charge in [0.2, 0.25) is 0 Å². The summed E-state index contributed by atoms with van der Waals surface area (Å²) in [4.78, 5) is 27.2. The van der Waals surface area contributed by atoms with Gasteiger partial charge in [-0.2, -0.15) is 0 Å². The number of benzene rings is 2. The van der Waals surface area contributed by atoms with Crippen LogP contribution < -0.4 is 15.0 Å². The fraction of sp³-hybridized carbons (Fsp3) is 0.222. The third-order valence-corrected chi connectivity index (χ3v) is 8.15. The zero-order chi connectivity index (χ0) is 25.8. The number of piperidine rings is 1. The Morgan fingerprint density at radius 3 is 2.84 bits per heavy atom. The van der Waals surface area contributed by atoms with Crippen LogP contribution in [0, 0.1) is 12.3 Å². The number of fused-ring (bicyclic) bond motifs is 1. The van der Waals surface area contributed by atoms with Gasteiger partial charge in [-0.05, 0) is 6.07 Å². The number of carbonyl (C=O) groups is 1. The number of para-hydroxylation sites is 1. The molecule has 0 radical (unpaired) electrons. The number of nitrogens with zero attached hydrogens (tertiary/aromatic N) is 3. The van der Waals surface area contributed by atoms with Gasteiger partial charge >= 0.3 is 128 Å². The summed E-state index contributed by atoms with van der Waals surface area (Å²) in [6, 6.07) is 14.5. The van der Waals surface area contributed by atoms with E-state index in [9.17, 15) is 12.6 Å². The first-order chi connectivity index (χ1) is 18.0. The maximum atomic E-state index is 12.6. The molecule has 1 aliphatic rings. The molecule has 1 amide bonds. The second-order valence-electron chi connectivity index (χ2n) is 9.00. The SMILES string of the molecule is C#Cc1cnc(N[C@@H]2CCCN(CC(=O)Nc3ccc([AsH](=O)O)cc3)C2)nc1-c1c[nH]c2ccccc12. The third kappa shape index (κ3) is 5.78. The Hall–Kier alpha value is -3.83. The molecule has 2 aromatic carbocycles. The standard InChI is InChI=1S/C27H27AsN6O3/c1-2-18-14-30-27(33-26(18)23-15-29-24-8-4-3-7-22(23)24)32-21-6-5-13-34(16-21)17-25(35)31-20-11-9-19(10-12-20)28(36)37/h1,3-4,7-12,14-15,21,28-29H,5-6,13,16-17H2,(H,31,35)(H,36,37)(H,30,32,33)/t21-/m1/s1. The number of H-pyrrole nitrogens is 1. The van der Waals surface area contributed by atoms with Crippen molar-refractivity contribution >= 4 is 47.7 Å². The molecule has 5 rings (SSSR count). The maximum absolute atomic E-state index is 12.6. The number of aromatic nitrogens is 3. The molecule has 1 aliphatic heterocycles. The fourth-order valence-corrected chi connectivity index (χ4v) is 5.58. The number of rotatable bonds is 7. The molecule has 0 aliphatic carbocycles. The Bertz CT molecular complexity index is 1490. The molecule has 3 heterocycles. The number of carbonyl (C=O) groups excluding carboxylic acids is 1. The zero-order valence-corrected chi connectivity index (χ0v) is 22.2. The summed E-state index contributed by atoms with van der Waals surface area (Å²) in [6.45, 7) is 1.74. The van der Waals surface area contributed by atoms with Crippen molar-refractivity contribution < 1.29 is 12.6 Å². The van der Waals surface area contributed by atoms with E-state index in [0.717, 1.165) is 35.9 Å². The average molecular weight is 558 g/mol. The van der Waals surface area contributed by atoms with E-state index in [1.807, 2.05) is 30.5 Å². The first-order valence-electron chi connectivity index (χ1n) is 12.0. The van der Waals surface area contributed by atoms with Gasteiger partial charge in [0.1, 0.15) is 0 Å². The van der Waals surface area contributed by atoms with Crippen molar-refractivity contribution in [2.45, 2.75) is 18.9 Å². The first-order valence-corrected chi connectivity index (χ1v) is 14.9.